The predicted molar refractivity (Wildman–Crippen MR) is 141 cm³/mol. The number of β-amino-alcohol motifs (C(OH)–C–C–N with tert-alkyl or cyclic N) is 1. The van der Waals surface area contributed by atoms with E-state index in [9.17, 15) is 14.7 Å². The quantitative estimate of drug-likeness (QED) is 0.286. The highest BCUT2D eigenvalue weighted by Crippen LogP contribution is 2.36. The van der Waals surface area contributed by atoms with Gasteiger partial charge in [0.1, 0.15) is 5.75 Å². The third-order valence-corrected chi connectivity index (χ3v) is 7.14. The number of rotatable bonds is 8. The van der Waals surface area contributed by atoms with Gasteiger partial charge in [0.2, 0.25) is 0 Å². The van der Waals surface area contributed by atoms with E-state index in [1.54, 1.807) is 42.0 Å². The number of hydrogen-bond donors (Lipinski definition) is 1. The van der Waals surface area contributed by atoms with Crippen molar-refractivity contribution in [3.05, 3.63) is 101 Å². The third-order valence-electron chi connectivity index (χ3n) is 7.14. The Balaban J connectivity index is 1.37. The normalized spacial score (nSPS) is 17.4. The zero-order valence-corrected chi connectivity index (χ0v) is 21.2. The van der Waals surface area contributed by atoms with Crippen molar-refractivity contribution in [3.63, 3.8) is 0 Å². The molecule has 1 saturated heterocycles. The average molecular weight is 499 g/mol. The second-order valence-corrected chi connectivity index (χ2v) is 9.36. The van der Waals surface area contributed by atoms with Gasteiger partial charge in [-0.3, -0.25) is 19.1 Å². The summed E-state index contributed by atoms with van der Waals surface area (Å²) in [6.45, 7) is 3.29. The molecule has 7 nitrogen and oxygen atoms in total. The van der Waals surface area contributed by atoms with E-state index in [2.05, 4.69) is 17.0 Å². The van der Waals surface area contributed by atoms with Gasteiger partial charge in [-0.05, 0) is 53.9 Å². The van der Waals surface area contributed by atoms with Crippen molar-refractivity contribution in [2.24, 2.45) is 0 Å². The Kier molecular flexibility index (Phi) is 6.82. The van der Waals surface area contributed by atoms with E-state index in [4.69, 9.17) is 9.47 Å². The van der Waals surface area contributed by atoms with Crippen molar-refractivity contribution in [2.75, 3.05) is 27.3 Å². The highest BCUT2D eigenvalue weighted by atomic mass is 16.5. The molecule has 1 aliphatic heterocycles. The van der Waals surface area contributed by atoms with Crippen LogP contribution >= 0.6 is 0 Å². The SMILES string of the molecule is COC(=O)Cc1c(C)n(C(=O)c2ccc(C(O)CN3CC3c3ccccc3)cc2)c2ccc(OC)cc12. The molecule has 37 heavy (non-hydrogen) atoms. The predicted octanol–water partition coefficient (Wildman–Crippen LogP) is 4.45. The van der Waals surface area contributed by atoms with Crippen LogP contribution in [0.3, 0.4) is 0 Å². The van der Waals surface area contributed by atoms with Crippen LogP contribution in [0.5, 0.6) is 5.75 Å². The van der Waals surface area contributed by atoms with Crippen LogP contribution < -0.4 is 4.74 Å². The standard InChI is InChI=1S/C30H30N2O5/c1-19-24(16-29(34)37-3)25-15-23(36-2)13-14-26(25)32(19)30(35)22-11-9-21(10-12-22)28(33)18-31-17-27(31)20-7-5-4-6-8-20/h4-15,27-28,33H,16-18H2,1-3H3. The average Bonchev–Trinajstić information content (AvgIpc) is 3.65. The maximum absolute atomic E-state index is 13.6. The van der Waals surface area contributed by atoms with Gasteiger partial charge in [-0.2, -0.15) is 0 Å². The molecule has 3 aromatic carbocycles. The summed E-state index contributed by atoms with van der Waals surface area (Å²) in [4.78, 5) is 27.9. The molecule has 190 valence electrons. The van der Waals surface area contributed by atoms with Crippen LogP contribution in [-0.4, -0.2) is 53.8 Å². The molecule has 1 fully saturated rings. The number of ether oxygens (including phenoxy) is 2. The van der Waals surface area contributed by atoms with Crippen molar-refractivity contribution in [1.82, 2.24) is 9.47 Å². The van der Waals surface area contributed by atoms with Gasteiger partial charge in [0, 0.05) is 35.8 Å². The summed E-state index contributed by atoms with van der Waals surface area (Å²) >= 11 is 0. The van der Waals surface area contributed by atoms with Crippen LogP contribution in [0, 0.1) is 6.92 Å². The van der Waals surface area contributed by atoms with Crippen LogP contribution in [0.15, 0.2) is 72.8 Å². The minimum Gasteiger partial charge on any atom is -0.497 e. The number of aliphatic hydroxyl groups is 1. The summed E-state index contributed by atoms with van der Waals surface area (Å²) in [7, 11) is 2.93. The van der Waals surface area contributed by atoms with E-state index in [1.807, 2.05) is 37.3 Å². The Morgan fingerprint density at radius 1 is 1.03 bits per heavy atom. The number of carbonyl (C=O) groups excluding carboxylic acids is 2. The number of fused-ring (bicyclic) bond motifs is 1. The molecular formula is C30H30N2O5. The monoisotopic (exact) mass is 498 g/mol. The Labute approximate surface area is 215 Å². The van der Waals surface area contributed by atoms with Crippen molar-refractivity contribution >= 4 is 22.8 Å². The molecule has 0 spiro atoms. The molecule has 0 aliphatic carbocycles. The second kappa shape index (κ2) is 10.2. The first-order valence-corrected chi connectivity index (χ1v) is 12.3. The lowest BCUT2D eigenvalue weighted by Crippen LogP contribution is -2.15. The molecular weight excluding hydrogens is 468 g/mol. The molecule has 0 amide bonds. The lowest BCUT2D eigenvalue weighted by atomic mass is 10.1. The first-order valence-electron chi connectivity index (χ1n) is 12.3. The van der Waals surface area contributed by atoms with E-state index in [0.29, 0.717) is 35.1 Å². The van der Waals surface area contributed by atoms with Crippen LogP contribution in [0.2, 0.25) is 0 Å². The fraction of sp³-hybridized carbons (Fsp3) is 0.267. The molecule has 3 atom stereocenters. The molecule has 1 N–H and O–H groups in total. The topological polar surface area (TPSA) is 80.8 Å². The number of esters is 1. The molecule has 5 rings (SSSR count). The molecule has 4 aromatic rings. The third kappa shape index (κ3) is 4.88. The van der Waals surface area contributed by atoms with Crippen molar-refractivity contribution < 1.29 is 24.2 Å². The number of benzene rings is 3. The van der Waals surface area contributed by atoms with E-state index in [-0.39, 0.29) is 18.3 Å². The maximum Gasteiger partial charge on any atom is 0.310 e. The van der Waals surface area contributed by atoms with Gasteiger partial charge in [-0.1, -0.05) is 42.5 Å². The van der Waals surface area contributed by atoms with Crippen LogP contribution in [0.25, 0.3) is 10.9 Å². The summed E-state index contributed by atoms with van der Waals surface area (Å²) in [5, 5.41) is 11.6. The zero-order chi connectivity index (χ0) is 26.1. The molecule has 0 saturated carbocycles. The number of aromatic nitrogens is 1. The van der Waals surface area contributed by atoms with Crippen molar-refractivity contribution in [3.8, 4) is 5.75 Å². The number of carbonyl (C=O) groups is 2. The molecule has 2 heterocycles. The number of hydrogen-bond acceptors (Lipinski definition) is 6. The summed E-state index contributed by atoms with van der Waals surface area (Å²) in [6.07, 6.45) is -0.594. The van der Waals surface area contributed by atoms with E-state index in [1.165, 1.54) is 12.7 Å². The number of nitrogens with zero attached hydrogens (tertiary/aromatic N) is 2. The minimum atomic E-state index is -0.647. The van der Waals surface area contributed by atoms with Crippen LogP contribution in [0.1, 0.15) is 44.9 Å². The van der Waals surface area contributed by atoms with Gasteiger partial charge in [0.05, 0.1) is 32.3 Å². The lowest BCUT2D eigenvalue weighted by Gasteiger charge is -2.14. The zero-order valence-electron chi connectivity index (χ0n) is 21.2. The molecule has 1 aliphatic rings. The second-order valence-electron chi connectivity index (χ2n) is 9.36. The summed E-state index contributed by atoms with van der Waals surface area (Å²) in [5.74, 6) is 0.0547. The lowest BCUT2D eigenvalue weighted by molar-refractivity contribution is -0.139. The van der Waals surface area contributed by atoms with Gasteiger partial charge in [-0.25, -0.2) is 0 Å². The van der Waals surface area contributed by atoms with Gasteiger partial charge in [0.25, 0.3) is 5.91 Å². The van der Waals surface area contributed by atoms with Crippen LogP contribution in [0.4, 0.5) is 0 Å². The Morgan fingerprint density at radius 3 is 2.43 bits per heavy atom. The summed E-state index contributed by atoms with van der Waals surface area (Å²) < 4.78 is 11.9. The minimum absolute atomic E-state index is 0.0535. The van der Waals surface area contributed by atoms with Gasteiger partial charge < -0.3 is 14.6 Å². The van der Waals surface area contributed by atoms with Crippen molar-refractivity contribution in [2.45, 2.75) is 25.5 Å². The smallest absolute Gasteiger partial charge is 0.310 e. The first-order chi connectivity index (χ1) is 17.9. The Hall–Kier alpha value is -3.94. The van der Waals surface area contributed by atoms with Crippen molar-refractivity contribution in [1.29, 1.82) is 0 Å². The Bertz CT molecular complexity index is 1440. The Morgan fingerprint density at radius 2 is 1.76 bits per heavy atom. The fourth-order valence-electron chi connectivity index (χ4n) is 4.96. The highest BCUT2D eigenvalue weighted by molar-refractivity contribution is 6.05. The fourth-order valence-corrected chi connectivity index (χ4v) is 4.96. The number of methoxy groups -OCH3 is 2. The van der Waals surface area contributed by atoms with E-state index in [0.717, 1.165) is 23.1 Å². The largest absolute Gasteiger partial charge is 0.497 e. The van der Waals surface area contributed by atoms with E-state index >= 15 is 0 Å². The number of aliphatic hydroxyl groups excluding tert-OH is 1. The molecule has 0 bridgehead atoms. The summed E-state index contributed by atoms with van der Waals surface area (Å²) in [6, 6.07) is 23.2. The molecule has 0 radical (unpaired) electrons. The van der Waals surface area contributed by atoms with Gasteiger partial charge >= 0.3 is 5.97 Å². The summed E-state index contributed by atoms with van der Waals surface area (Å²) in [5.41, 5.74) is 4.61. The molecule has 3 unspecified atom stereocenters. The van der Waals surface area contributed by atoms with Crippen LogP contribution in [-0.2, 0) is 16.0 Å². The highest BCUT2D eigenvalue weighted by Gasteiger charge is 2.36. The van der Waals surface area contributed by atoms with E-state index < -0.39 is 6.10 Å². The first kappa shape index (κ1) is 24.7. The van der Waals surface area contributed by atoms with Gasteiger partial charge in [0.15, 0.2) is 0 Å². The maximum atomic E-state index is 13.6. The van der Waals surface area contributed by atoms with Gasteiger partial charge in [-0.15, -0.1) is 0 Å². The molecule has 7 heteroatoms. The molecule has 1 aromatic heterocycles.